The minimum Gasteiger partial charge on any atom is -0.491 e. The average molecular weight is 365 g/mol. The second kappa shape index (κ2) is 8.77. The first-order valence-electron chi connectivity index (χ1n) is 8.42. The van der Waals surface area contributed by atoms with Crippen LogP contribution >= 0.6 is 0 Å². The number of pyridine rings is 1. The van der Waals surface area contributed by atoms with Crippen molar-refractivity contribution in [1.29, 1.82) is 0 Å². The Kier molecular flexibility index (Phi) is 5.96. The van der Waals surface area contributed by atoms with Crippen LogP contribution in [0.25, 0.3) is 10.9 Å². The molecule has 0 spiro atoms. The summed E-state index contributed by atoms with van der Waals surface area (Å²) in [6.45, 7) is -0.105. The van der Waals surface area contributed by atoms with E-state index in [-0.39, 0.29) is 13.2 Å². The number of aromatic nitrogens is 1. The predicted molar refractivity (Wildman–Crippen MR) is 101 cm³/mol. The summed E-state index contributed by atoms with van der Waals surface area (Å²) < 4.78 is 5.39. The SMILES string of the molecule is O=C(NCC(O)COc1ccccc1)C(=O)Nc1cccc2cccnc12. The number of hydrogen-bond acceptors (Lipinski definition) is 5. The molecule has 0 saturated carbocycles. The molecule has 3 aromatic rings. The molecule has 0 aliphatic rings. The van der Waals surface area contributed by atoms with Gasteiger partial charge in [0, 0.05) is 18.1 Å². The molecule has 0 saturated heterocycles. The zero-order chi connectivity index (χ0) is 19.1. The summed E-state index contributed by atoms with van der Waals surface area (Å²) in [5, 5.41) is 15.7. The van der Waals surface area contributed by atoms with Gasteiger partial charge in [-0.2, -0.15) is 0 Å². The number of aliphatic hydroxyl groups is 1. The van der Waals surface area contributed by atoms with Gasteiger partial charge in [-0.15, -0.1) is 0 Å². The molecule has 27 heavy (non-hydrogen) atoms. The number of aliphatic hydroxyl groups excluding tert-OH is 1. The zero-order valence-corrected chi connectivity index (χ0v) is 14.5. The Labute approximate surface area is 156 Å². The third-order valence-electron chi connectivity index (χ3n) is 3.77. The molecule has 0 bridgehead atoms. The first-order valence-corrected chi connectivity index (χ1v) is 8.42. The van der Waals surface area contributed by atoms with Crippen molar-refractivity contribution < 1.29 is 19.4 Å². The molecule has 2 amide bonds. The lowest BCUT2D eigenvalue weighted by Gasteiger charge is -2.13. The van der Waals surface area contributed by atoms with Crippen LogP contribution in [0.5, 0.6) is 5.75 Å². The van der Waals surface area contributed by atoms with Crippen LogP contribution < -0.4 is 15.4 Å². The Morgan fingerprint density at radius 3 is 2.59 bits per heavy atom. The number of anilines is 1. The molecule has 3 N–H and O–H groups in total. The van der Waals surface area contributed by atoms with E-state index in [9.17, 15) is 14.7 Å². The fourth-order valence-electron chi connectivity index (χ4n) is 2.44. The molecule has 1 atom stereocenters. The number of ether oxygens (including phenoxy) is 1. The fraction of sp³-hybridized carbons (Fsp3) is 0.150. The van der Waals surface area contributed by atoms with Crippen LogP contribution in [0.15, 0.2) is 66.9 Å². The van der Waals surface area contributed by atoms with Gasteiger partial charge < -0.3 is 20.5 Å². The highest BCUT2D eigenvalue weighted by Crippen LogP contribution is 2.20. The van der Waals surface area contributed by atoms with Crippen molar-refractivity contribution in [1.82, 2.24) is 10.3 Å². The molecular weight excluding hydrogens is 346 g/mol. The first kappa shape index (κ1) is 18.3. The third-order valence-corrected chi connectivity index (χ3v) is 3.77. The largest absolute Gasteiger partial charge is 0.491 e. The number of carbonyl (C=O) groups is 2. The van der Waals surface area contributed by atoms with Gasteiger partial charge >= 0.3 is 11.8 Å². The van der Waals surface area contributed by atoms with E-state index in [1.54, 1.807) is 36.5 Å². The van der Waals surface area contributed by atoms with Crippen molar-refractivity contribution >= 4 is 28.4 Å². The minimum atomic E-state index is -0.943. The molecule has 1 unspecified atom stereocenters. The van der Waals surface area contributed by atoms with E-state index in [4.69, 9.17) is 4.74 Å². The molecular formula is C20H19N3O4. The third kappa shape index (κ3) is 5.02. The summed E-state index contributed by atoms with van der Waals surface area (Å²) in [5.41, 5.74) is 1.04. The monoisotopic (exact) mass is 365 g/mol. The second-order valence-corrected chi connectivity index (χ2v) is 5.82. The number of carbonyl (C=O) groups excluding carboxylic acids is 2. The van der Waals surface area contributed by atoms with Crippen LogP contribution in [0.4, 0.5) is 5.69 Å². The summed E-state index contributed by atoms with van der Waals surface area (Å²) in [6.07, 6.45) is 0.669. The number of nitrogens with zero attached hydrogens (tertiary/aromatic N) is 1. The number of rotatable bonds is 6. The maximum absolute atomic E-state index is 12.1. The van der Waals surface area contributed by atoms with Gasteiger partial charge in [-0.1, -0.05) is 36.4 Å². The van der Waals surface area contributed by atoms with E-state index in [2.05, 4.69) is 15.6 Å². The Bertz CT molecular complexity index is 925. The average Bonchev–Trinajstić information content (AvgIpc) is 2.71. The second-order valence-electron chi connectivity index (χ2n) is 5.82. The molecule has 138 valence electrons. The lowest BCUT2D eigenvalue weighted by atomic mass is 10.2. The maximum Gasteiger partial charge on any atom is 0.313 e. The Morgan fingerprint density at radius 2 is 1.78 bits per heavy atom. The zero-order valence-electron chi connectivity index (χ0n) is 14.5. The van der Waals surface area contributed by atoms with Gasteiger partial charge in [0.05, 0.1) is 11.2 Å². The highest BCUT2D eigenvalue weighted by Gasteiger charge is 2.16. The highest BCUT2D eigenvalue weighted by atomic mass is 16.5. The van der Waals surface area contributed by atoms with Gasteiger partial charge in [-0.05, 0) is 24.3 Å². The predicted octanol–water partition coefficient (Wildman–Crippen LogP) is 1.73. The van der Waals surface area contributed by atoms with Crippen molar-refractivity contribution in [3.8, 4) is 5.75 Å². The van der Waals surface area contributed by atoms with Crippen LogP contribution in [0, 0.1) is 0 Å². The first-order chi connectivity index (χ1) is 13.1. The summed E-state index contributed by atoms with van der Waals surface area (Å²) >= 11 is 0. The molecule has 0 aliphatic carbocycles. The lowest BCUT2D eigenvalue weighted by molar-refractivity contribution is -0.136. The summed E-state index contributed by atoms with van der Waals surface area (Å²) in [6, 6.07) is 18.0. The summed E-state index contributed by atoms with van der Waals surface area (Å²) in [5.74, 6) is -1.06. The van der Waals surface area contributed by atoms with Crippen LogP contribution in [0.1, 0.15) is 0 Å². The van der Waals surface area contributed by atoms with Gasteiger partial charge in [-0.25, -0.2) is 0 Å². The number of amides is 2. The summed E-state index contributed by atoms with van der Waals surface area (Å²) in [4.78, 5) is 28.3. The maximum atomic E-state index is 12.1. The number of nitrogens with one attached hydrogen (secondary N) is 2. The molecule has 1 aromatic heterocycles. The normalized spacial score (nSPS) is 11.6. The fourth-order valence-corrected chi connectivity index (χ4v) is 2.44. The Morgan fingerprint density at radius 1 is 1.00 bits per heavy atom. The molecule has 0 radical (unpaired) electrons. The quantitative estimate of drug-likeness (QED) is 0.578. The van der Waals surface area contributed by atoms with Crippen molar-refractivity contribution in [2.24, 2.45) is 0 Å². The Balaban J connectivity index is 1.49. The molecule has 7 nitrogen and oxygen atoms in total. The molecule has 2 aromatic carbocycles. The van der Waals surface area contributed by atoms with E-state index in [1.165, 1.54) is 0 Å². The number of benzene rings is 2. The van der Waals surface area contributed by atoms with Gasteiger partial charge in [0.25, 0.3) is 0 Å². The van der Waals surface area contributed by atoms with Gasteiger partial charge in [-0.3, -0.25) is 14.6 Å². The van der Waals surface area contributed by atoms with Gasteiger partial charge in [0.15, 0.2) is 0 Å². The van der Waals surface area contributed by atoms with Crippen LogP contribution in [-0.2, 0) is 9.59 Å². The number of hydrogen-bond donors (Lipinski definition) is 3. The lowest BCUT2D eigenvalue weighted by Crippen LogP contribution is -2.41. The smallest absolute Gasteiger partial charge is 0.313 e. The van der Waals surface area contributed by atoms with Crippen LogP contribution in [0.3, 0.4) is 0 Å². The number of para-hydroxylation sites is 2. The minimum absolute atomic E-state index is 0.000838. The van der Waals surface area contributed by atoms with Crippen LogP contribution in [-0.4, -0.2) is 41.2 Å². The van der Waals surface area contributed by atoms with E-state index in [1.807, 2.05) is 30.3 Å². The van der Waals surface area contributed by atoms with Crippen molar-refractivity contribution in [3.63, 3.8) is 0 Å². The molecule has 0 fully saturated rings. The standard InChI is InChI=1S/C20H19N3O4/c24-15(13-27-16-8-2-1-3-9-16)12-22-19(25)20(26)23-17-10-4-6-14-7-5-11-21-18(14)17/h1-11,15,24H,12-13H2,(H,22,25)(H,23,26). The molecule has 7 heteroatoms. The van der Waals surface area contributed by atoms with Crippen LogP contribution in [0.2, 0.25) is 0 Å². The molecule has 0 aliphatic heterocycles. The number of fused-ring (bicyclic) bond motifs is 1. The van der Waals surface area contributed by atoms with Gasteiger partial charge in [0.1, 0.15) is 18.5 Å². The van der Waals surface area contributed by atoms with E-state index in [0.717, 1.165) is 5.39 Å². The molecule has 3 rings (SSSR count). The van der Waals surface area contributed by atoms with E-state index >= 15 is 0 Å². The topological polar surface area (TPSA) is 101 Å². The van der Waals surface area contributed by atoms with Crippen molar-refractivity contribution in [2.75, 3.05) is 18.5 Å². The van der Waals surface area contributed by atoms with Gasteiger partial charge in [0.2, 0.25) is 0 Å². The van der Waals surface area contributed by atoms with E-state index in [0.29, 0.717) is 17.0 Å². The Hall–Kier alpha value is -3.45. The van der Waals surface area contributed by atoms with Crippen molar-refractivity contribution in [2.45, 2.75) is 6.10 Å². The molecule has 1 heterocycles. The summed E-state index contributed by atoms with van der Waals surface area (Å²) in [7, 11) is 0. The highest BCUT2D eigenvalue weighted by molar-refractivity contribution is 6.40. The van der Waals surface area contributed by atoms with Crippen molar-refractivity contribution in [3.05, 3.63) is 66.9 Å². The van der Waals surface area contributed by atoms with E-state index < -0.39 is 17.9 Å².